The summed E-state index contributed by atoms with van der Waals surface area (Å²) in [6, 6.07) is 14.7. The Labute approximate surface area is 181 Å². The zero-order valence-electron chi connectivity index (χ0n) is 16.8. The van der Waals surface area contributed by atoms with Gasteiger partial charge >= 0.3 is 5.97 Å². The molecule has 2 aromatic carbocycles. The van der Waals surface area contributed by atoms with E-state index in [2.05, 4.69) is 47.7 Å². The molecule has 0 heterocycles. The molecule has 7 heteroatoms. The quantitative estimate of drug-likeness (QED) is 0.174. The van der Waals surface area contributed by atoms with Crippen molar-refractivity contribution in [3.63, 3.8) is 0 Å². The van der Waals surface area contributed by atoms with Crippen LogP contribution in [0.4, 0.5) is 0 Å². The molecule has 2 rings (SSSR count). The summed E-state index contributed by atoms with van der Waals surface area (Å²) in [6.45, 7) is 7.27. The highest BCUT2D eigenvalue weighted by molar-refractivity contribution is 9.10. The van der Waals surface area contributed by atoms with Crippen molar-refractivity contribution in [3.8, 4) is 5.75 Å². The van der Waals surface area contributed by atoms with Crippen LogP contribution in [0.25, 0.3) is 0 Å². The largest absolute Gasteiger partial charge is 0.467 e. The van der Waals surface area contributed by atoms with Gasteiger partial charge in [0, 0.05) is 30.3 Å². The molecule has 0 N–H and O–H groups in total. The zero-order valence-corrected chi connectivity index (χ0v) is 20.2. The molecule has 28 heavy (non-hydrogen) atoms. The Balaban J connectivity index is 2.26. The second kappa shape index (κ2) is 11.0. The van der Waals surface area contributed by atoms with Crippen molar-refractivity contribution < 1.29 is 19.0 Å². The van der Waals surface area contributed by atoms with Gasteiger partial charge in [-0.05, 0) is 35.9 Å². The van der Waals surface area contributed by atoms with E-state index in [1.54, 1.807) is 24.9 Å². The van der Waals surface area contributed by atoms with Crippen LogP contribution in [0.1, 0.15) is 15.9 Å². The van der Waals surface area contributed by atoms with Crippen LogP contribution in [0.5, 0.6) is 5.75 Å². The molecule has 2 aromatic rings. The number of rotatable bonds is 10. The van der Waals surface area contributed by atoms with Gasteiger partial charge in [0.05, 0.1) is 6.61 Å². The molecule has 0 aliphatic heterocycles. The van der Waals surface area contributed by atoms with Crippen molar-refractivity contribution in [1.29, 1.82) is 0 Å². The molecule has 152 valence electrons. The molecule has 0 fully saturated rings. The van der Waals surface area contributed by atoms with Crippen LogP contribution in [0.2, 0.25) is 25.7 Å². The van der Waals surface area contributed by atoms with Gasteiger partial charge in [-0.3, -0.25) is 0 Å². The first-order valence-electron chi connectivity index (χ1n) is 9.10. The van der Waals surface area contributed by atoms with Crippen LogP contribution in [0.3, 0.4) is 0 Å². The standard InChI is InChI=1S/C21H27BrO4SSi/c1-24-15-26-19-11-10-18(22)17(14-27-16-8-6-5-7-9-16)20(19)21(23)25-12-13-28(2,3)4/h5-11H,12-15H2,1-4H3. The molecule has 0 radical (unpaired) electrons. The van der Waals surface area contributed by atoms with Gasteiger partial charge in [-0.1, -0.05) is 53.8 Å². The first-order valence-corrected chi connectivity index (χ1v) is 14.6. The van der Waals surface area contributed by atoms with Crippen molar-refractivity contribution in [1.82, 2.24) is 0 Å². The van der Waals surface area contributed by atoms with Crippen molar-refractivity contribution >= 4 is 41.7 Å². The van der Waals surface area contributed by atoms with Gasteiger partial charge in [-0.2, -0.15) is 0 Å². The molecule has 0 saturated heterocycles. The molecule has 0 aliphatic rings. The predicted octanol–water partition coefficient (Wildman–Crippen LogP) is 6.22. The third kappa shape index (κ3) is 7.27. The number of halogens is 1. The van der Waals surface area contributed by atoms with Crippen LogP contribution in [0, 0.1) is 0 Å². The van der Waals surface area contributed by atoms with Gasteiger partial charge in [0.2, 0.25) is 0 Å². The topological polar surface area (TPSA) is 44.8 Å². The van der Waals surface area contributed by atoms with Crippen LogP contribution < -0.4 is 4.74 Å². The van der Waals surface area contributed by atoms with E-state index >= 15 is 0 Å². The zero-order chi connectivity index (χ0) is 20.6. The number of thioether (sulfide) groups is 1. The lowest BCUT2D eigenvalue weighted by molar-refractivity contribution is 0.0436. The summed E-state index contributed by atoms with van der Waals surface area (Å²) < 4.78 is 17.2. The molecule has 0 unspecified atom stereocenters. The average molecular weight is 484 g/mol. The van der Waals surface area contributed by atoms with E-state index in [-0.39, 0.29) is 12.8 Å². The lowest BCUT2D eigenvalue weighted by Crippen LogP contribution is -2.23. The molecular weight excluding hydrogens is 456 g/mol. The number of esters is 1. The Kier molecular flexibility index (Phi) is 9.07. The Morgan fingerprint density at radius 3 is 2.46 bits per heavy atom. The molecule has 0 spiro atoms. The first kappa shape index (κ1) is 23.0. The highest BCUT2D eigenvalue weighted by atomic mass is 79.9. The number of ether oxygens (including phenoxy) is 3. The fraction of sp³-hybridized carbons (Fsp3) is 0.381. The SMILES string of the molecule is COCOc1ccc(Br)c(CSc2ccccc2)c1C(=O)OCC[Si](C)(C)C. The summed E-state index contributed by atoms with van der Waals surface area (Å²) >= 11 is 5.25. The second-order valence-electron chi connectivity index (χ2n) is 7.50. The smallest absolute Gasteiger partial charge is 0.342 e. The minimum Gasteiger partial charge on any atom is -0.467 e. The number of benzene rings is 2. The van der Waals surface area contributed by atoms with Gasteiger partial charge in [-0.15, -0.1) is 11.8 Å². The van der Waals surface area contributed by atoms with Crippen molar-refractivity contribution in [2.45, 2.75) is 36.3 Å². The van der Waals surface area contributed by atoms with E-state index < -0.39 is 8.07 Å². The maximum atomic E-state index is 12.9. The van der Waals surface area contributed by atoms with Crippen molar-refractivity contribution in [2.24, 2.45) is 0 Å². The molecular formula is C21H27BrO4SSi. The highest BCUT2D eigenvalue weighted by Gasteiger charge is 2.23. The number of hydrogen-bond donors (Lipinski definition) is 0. The number of hydrogen-bond acceptors (Lipinski definition) is 5. The molecule has 4 nitrogen and oxygen atoms in total. The summed E-state index contributed by atoms with van der Waals surface area (Å²) in [5, 5.41) is 0. The predicted molar refractivity (Wildman–Crippen MR) is 121 cm³/mol. The van der Waals surface area contributed by atoms with E-state index in [4.69, 9.17) is 14.2 Å². The minimum absolute atomic E-state index is 0.0715. The monoisotopic (exact) mass is 482 g/mol. The Bertz CT molecular complexity index is 778. The van der Waals surface area contributed by atoms with Gasteiger partial charge in [0.1, 0.15) is 11.3 Å². The Morgan fingerprint density at radius 2 is 1.82 bits per heavy atom. The van der Waals surface area contributed by atoms with Gasteiger partial charge in [0.15, 0.2) is 6.79 Å². The van der Waals surface area contributed by atoms with Crippen LogP contribution in [-0.4, -0.2) is 34.6 Å². The van der Waals surface area contributed by atoms with Crippen LogP contribution in [0.15, 0.2) is 51.8 Å². The lowest BCUT2D eigenvalue weighted by Gasteiger charge is -2.18. The summed E-state index contributed by atoms with van der Waals surface area (Å²) in [5.41, 5.74) is 1.32. The minimum atomic E-state index is -1.29. The van der Waals surface area contributed by atoms with E-state index in [0.29, 0.717) is 23.7 Å². The second-order valence-corrected chi connectivity index (χ2v) is 15.0. The Hall–Kier alpha value is -1.28. The maximum absolute atomic E-state index is 12.9. The highest BCUT2D eigenvalue weighted by Crippen LogP contribution is 2.35. The van der Waals surface area contributed by atoms with Gasteiger partial charge in [0.25, 0.3) is 0 Å². The molecule has 0 atom stereocenters. The lowest BCUT2D eigenvalue weighted by atomic mass is 10.1. The van der Waals surface area contributed by atoms with E-state index in [1.807, 2.05) is 24.3 Å². The first-order chi connectivity index (χ1) is 13.3. The van der Waals surface area contributed by atoms with Crippen molar-refractivity contribution in [2.75, 3.05) is 20.5 Å². The number of methoxy groups -OCH3 is 1. The van der Waals surface area contributed by atoms with Gasteiger partial charge in [-0.25, -0.2) is 4.79 Å². The van der Waals surface area contributed by atoms with E-state index in [0.717, 1.165) is 21.0 Å². The number of carbonyl (C=O) groups excluding carboxylic acids is 1. The number of carbonyl (C=O) groups is 1. The maximum Gasteiger partial charge on any atom is 0.342 e. The summed E-state index contributed by atoms with van der Waals surface area (Å²) in [7, 11) is 0.267. The molecule has 0 saturated carbocycles. The van der Waals surface area contributed by atoms with Crippen LogP contribution >= 0.6 is 27.7 Å². The summed E-state index contributed by atoms with van der Waals surface area (Å²) in [6.07, 6.45) is 0. The summed E-state index contributed by atoms with van der Waals surface area (Å²) in [5.74, 6) is 0.744. The molecule has 0 aromatic heterocycles. The third-order valence-electron chi connectivity index (χ3n) is 3.97. The molecule has 0 aliphatic carbocycles. The van der Waals surface area contributed by atoms with Crippen molar-refractivity contribution in [3.05, 3.63) is 58.1 Å². The van der Waals surface area contributed by atoms with E-state index in [1.165, 1.54) is 0 Å². The van der Waals surface area contributed by atoms with E-state index in [9.17, 15) is 4.79 Å². The fourth-order valence-electron chi connectivity index (χ4n) is 2.40. The van der Waals surface area contributed by atoms with Gasteiger partial charge < -0.3 is 14.2 Å². The van der Waals surface area contributed by atoms with Crippen LogP contribution in [-0.2, 0) is 15.2 Å². The Morgan fingerprint density at radius 1 is 1.11 bits per heavy atom. The fourth-order valence-corrected chi connectivity index (χ4v) is 4.73. The summed E-state index contributed by atoms with van der Waals surface area (Å²) in [4.78, 5) is 14.1. The average Bonchev–Trinajstić information content (AvgIpc) is 2.65. The molecule has 0 amide bonds. The normalized spacial score (nSPS) is 11.3. The molecule has 0 bridgehead atoms. The third-order valence-corrected chi connectivity index (χ3v) is 7.45.